The lowest BCUT2D eigenvalue weighted by molar-refractivity contribution is 0.514. The van der Waals surface area contributed by atoms with Crippen molar-refractivity contribution < 1.29 is 0 Å². The molecule has 2 nitrogen and oxygen atoms in total. The number of nitrogens with two attached hydrogens (primary N) is 1. The van der Waals surface area contributed by atoms with Crippen LogP contribution in [0.4, 0.5) is 0 Å². The zero-order valence-electron chi connectivity index (χ0n) is 9.50. The molecule has 0 saturated heterocycles. The molecule has 1 heterocycles. The summed E-state index contributed by atoms with van der Waals surface area (Å²) < 4.78 is 0. The zero-order chi connectivity index (χ0) is 10.8. The van der Waals surface area contributed by atoms with E-state index in [0.717, 1.165) is 17.8 Å². The quantitative estimate of drug-likeness (QED) is 0.833. The van der Waals surface area contributed by atoms with Crippen molar-refractivity contribution in [2.24, 2.45) is 11.7 Å². The van der Waals surface area contributed by atoms with Gasteiger partial charge >= 0.3 is 0 Å². The molecular formula is C11H20N2S. The fraction of sp³-hybridized carbons (Fsp3) is 0.727. The molecule has 80 valence electrons. The molecule has 0 spiro atoms. The number of thiazole rings is 1. The Labute approximate surface area is 90.6 Å². The molecule has 1 rings (SSSR count). The van der Waals surface area contributed by atoms with E-state index in [2.05, 4.69) is 24.2 Å². The Morgan fingerprint density at radius 3 is 2.64 bits per heavy atom. The van der Waals surface area contributed by atoms with Crippen LogP contribution in [-0.4, -0.2) is 10.5 Å². The van der Waals surface area contributed by atoms with Crippen molar-refractivity contribution in [1.82, 2.24) is 4.98 Å². The number of aromatic nitrogens is 1. The molecule has 0 aliphatic heterocycles. The van der Waals surface area contributed by atoms with E-state index in [1.165, 1.54) is 5.69 Å². The van der Waals surface area contributed by atoms with Gasteiger partial charge in [-0.3, -0.25) is 0 Å². The summed E-state index contributed by atoms with van der Waals surface area (Å²) in [7, 11) is 0. The second-order valence-corrected chi connectivity index (χ2v) is 5.94. The van der Waals surface area contributed by atoms with E-state index in [9.17, 15) is 0 Å². The third kappa shape index (κ3) is 4.20. The molecule has 3 heteroatoms. The Bertz CT molecular complexity index is 284. The van der Waals surface area contributed by atoms with Crippen LogP contribution in [0.15, 0.2) is 5.38 Å². The summed E-state index contributed by atoms with van der Waals surface area (Å²) in [4.78, 5) is 4.57. The third-order valence-corrected chi connectivity index (χ3v) is 2.72. The van der Waals surface area contributed by atoms with Gasteiger partial charge in [-0.25, -0.2) is 4.98 Å². The van der Waals surface area contributed by atoms with Crippen LogP contribution in [0.5, 0.6) is 0 Å². The summed E-state index contributed by atoms with van der Waals surface area (Å²) in [5, 5.41) is 3.31. The highest BCUT2D eigenvalue weighted by molar-refractivity contribution is 7.09. The van der Waals surface area contributed by atoms with Crippen molar-refractivity contribution in [3.05, 3.63) is 16.1 Å². The molecule has 14 heavy (non-hydrogen) atoms. The van der Waals surface area contributed by atoms with Gasteiger partial charge in [0.15, 0.2) is 0 Å². The minimum Gasteiger partial charge on any atom is -0.325 e. The van der Waals surface area contributed by atoms with E-state index in [0.29, 0.717) is 5.92 Å². The van der Waals surface area contributed by atoms with E-state index in [-0.39, 0.29) is 5.54 Å². The summed E-state index contributed by atoms with van der Waals surface area (Å²) in [6.45, 7) is 8.50. The topological polar surface area (TPSA) is 38.9 Å². The molecular weight excluding hydrogens is 192 g/mol. The number of hydrogen-bond acceptors (Lipinski definition) is 3. The van der Waals surface area contributed by atoms with Crippen molar-refractivity contribution >= 4 is 11.3 Å². The molecule has 0 radical (unpaired) electrons. The predicted octanol–water partition coefficient (Wildman–Crippen LogP) is 2.62. The summed E-state index contributed by atoms with van der Waals surface area (Å²) in [6.07, 6.45) is 1.94. The number of rotatable bonds is 4. The third-order valence-electron chi connectivity index (χ3n) is 1.82. The lowest BCUT2D eigenvalue weighted by atomic mass is 10.0. The Kier molecular flexibility index (Phi) is 3.67. The van der Waals surface area contributed by atoms with Crippen LogP contribution in [0.25, 0.3) is 0 Å². The molecule has 2 N–H and O–H groups in total. The van der Waals surface area contributed by atoms with E-state index in [4.69, 9.17) is 5.73 Å². The highest BCUT2D eigenvalue weighted by Crippen LogP contribution is 2.17. The first-order chi connectivity index (χ1) is 6.37. The van der Waals surface area contributed by atoms with Crippen LogP contribution in [0.2, 0.25) is 0 Å². The molecule has 0 atom stereocenters. The molecule has 0 fully saturated rings. The van der Waals surface area contributed by atoms with Gasteiger partial charge in [0.2, 0.25) is 0 Å². The van der Waals surface area contributed by atoms with Gasteiger partial charge in [-0.1, -0.05) is 13.8 Å². The maximum atomic E-state index is 5.94. The molecule has 0 aliphatic rings. The van der Waals surface area contributed by atoms with Crippen LogP contribution in [0.1, 0.15) is 38.4 Å². The fourth-order valence-corrected chi connectivity index (χ4v) is 2.38. The highest BCUT2D eigenvalue weighted by Gasteiger charge is 2.14. The van der Waals surface area contributed by atoms with Crippen molar-refractivity contribution in [2.45, 2.75) is 46.1 Å². The average molecular weight is 212 g/mol. The van der Waals surface area contributed by atoms with Crippen LogP contribution < -0.4 is 5.73 Å². The predicted molar refractivity (Wildman–Crippen MR) is 62.6 cm³/mol. The van der Waals surface area contributed by atoms with Gasteiger partial charge < -0.3 is 5.73 Å². The second-order valence-electron chi connectivity index (χ2n) is 5.00. The van der Waals surface area contributed by atoms with Gasteiger partial charge in [0.05, 0.1) is 10.7 Å². The van der Waals surface area contributed by atoms with Crippen LogP contribution in [-0.2, 0) is 12.8 Å². The summed E-state index contributed by atoms with van der Waals surface area (Å²) in [5.41, 5.74) is 7.01. The van der Waals surface area contributed by atoms with Crippen molar-refractivity contribution in [3.8, 4) is 0 Å². The minimum absolute atomic E-state index is 0.146. The first kappa shape index (κ1) is 11.7. The fourth-order valence-electron chi connectivity index (χ4n) is 1.33. The maximum Gasteiger partial charge on any atom is 0.0946 e. The van der Waals surface area contributed by atoms with Gasteiger partial charge in [0.25, 0.3) is 0 Å². The van der Waals surface area contributed by atoms with Crippen molar-refractivity contribution in [2.75, 3.05) is 0 Å². The lowest BCUT2D eigenvalue weighted by Crippen LogP contribution is -2.34. The van der Waals surface area contributed by atoms with E-state index in [1.807, 2.05) is 13.8 Å². The van der Waals surface area contributed by atoms with Crippen LogP contribution in [0.3, 0.4) is 0 Å². The smallest absolute Gasteiger partial charge is 0.0946 e. The molecule has 0 aliphatic carbocycles. The van der Waals surface area contributed by atoms with Crippen LogP contribution >= 0.6 is 11.3 Å². The molecule has 1 aromatic rings. The first-order valence-electron chi connectivity index (χ1n) is 5.09. The zero-order valence-corrected chi connectivity index (χ0v) is 10.3. The maximum absolute atomic E-state index is 5.94. The van der Waals surface area contributed by atoms with Gasteiger partial charge in [-0.05, 0) is 26.2 Å². The van der Waals surface area contributed by atoms with Crippen molar-refractivity contribution in [1.29, 1.82) is 0 Å². The Hall–Kier alpha value is -0.410. The largest absolute Gasteiger partial charge is 0.325 e. The molecule has 0 amide bonds. The Morgan fingerprint density at radius 1 is 1.50 bits per heavy atom. The highest BCUT2D eigenvalue weighted by atomic mass is 32.1. The van der Waals surface area contributed by atoms with E-state index >= 15 is 0 Å². The van der Waals surface area contributed by atoms with Gasteiger partial charge in [-0.2, -0.15) is 0 Å². The summed E-state index contributed by atoms with van der Waals surface area (Å²) in [6, 6.07) is 0. The lowest BCUT2D eigenvalue weighted by Gasteiger charge is -2.15. The first-order valence-corrected chi connectivity index (χ1v) is 5.97. The van der Waals surface area contributed by atoms with E-state index in [1.54, 1.807) is 11.3 Å². The van der Waals surface area contributed by atoms with E-state index < -0.39 is 0 Å². The molecule has 0 saturated carbocycles. The number of nitrogens with zero attached hydrogens (tertiary/aromatic N) is 1. The average Bonchev–Trinajstić information content (AvgIpc) is 2.30. The monoisotopic (exact) mass is 212 g/mol. The van der Waals surface area contributed by atoms with Gasteiger partial charge in [-0.15, -0.1) is 11.3 Å². The molecule has 0 aromatic carbocycles. The normalized spacial score (nSPS) is 12.4. The molecule has 1 aromatic heterocycles. The summed E-state index contributed by atoms with van der Waals surface area (Å²) >= 11 is 1.73. The minimum atomic E-state index is -0.146. The Morgan fingerprint density at radius 2 is 2.14 bits per heavy atom. The second kappa shape index (κ2) is 4.41. The van der Waals surface area contributed by atoms with Crippen molar-refractivity contribution in [3.63, 3.8) is 0 Å². The van der Waals surface area contributed by atoms with Crippen LogP contribution in [0, 0.1) is 5.92 Å². The Balaban J connectivity index is 2.60. The standard InChI is InChI=1S/C11H20N2S/c1-8(2)5-9-7-14-10(13-9)6-11(3,4)12/h7-8H,5-6,12H2,1-4H3. The molecule has 0 bridgehead atoms. The summed E-state index contributed by atoms with van der Waals surface area (Å²) in [5.74, 6) is 0.677. The van der Waals surface area contributed by atoms with Gasteiger partial charge in [0, 0.05) is 17.3 Å². The SMILES string of the molecule is CC(C)Cc1csc(CC(C)(C)N)n1. The molecule has 0 unspecified atom stereocenters. The van der Waals surface area contributed by atoms with Gasteiger partial charge in [0.1, 0.15) is 0 Å². The number of hydrogen-bond donors (Lipinski definition) is 1.